The minimum atomic E-state index is -0.323. The van der Waals surface area contributed by atoms with Crippen molar-refractivity contribution in [1.29, 1.82) is 0 Å². The summed E-state index contributed by atoms with van der Waals surface area (Å²) in [5.41, 5.74) is 2.10. The van der Waals surface area contributed by atoms with Crippen molar-refractivity contribution in [1.82, 2.24) is 15.3 Å². The van der Waals surface area contributed by atoms with Crippen molar-refractivity contribution in [2.24, 2.45) is 5.92 Å². The summed E-state index contributed by atoms with van der Waals surface area (Å²) in [4.78, 5) is 7.63. The highest BCUT2D eigenvalue weighted by Crippen LogP contribution is 2.19. The number of benzene rings is 1. The van der Waals surface area contributed by atoms with Crippen molar-refractivity contribution in [2.75, 3.05) is 6.54 Å². The van der Waals surface area contributed by atoms with Crippen LogP contribution in [0.25, 0.3) is 11.3 Å². The third-order valence-electron chi connectivity index (χ3n) is 3.20. The molecule has 0 bridgehead atoms. The van der Waals surface area contributed by atoms with Crippen LogP contribution in [0.1, 0.15) is 19.7 Å². The van der Waals surface area contributed by atoms with Crippen LogP contribution in [0.15, 0.2) is 34.9 Å². The number of imidazole rings is 1. The maximum absolute atomic E-state index is 9.72. The van der Waals surface area contributed by atoms with Crippen molar-refractivity contribution in [3.8, 4) is 11.3 Å². The summed E-state index contributed by atoms with van der Waals surface area (Å²) in [5, 5.41) is 12.9. The van der Waals surface area contributed by atoms with Gasteiger partial charge in [0.15, 0.2) is 0 Å². The Hall–Kier alpha value is -1.17. The molecule has 1 aromatic carbocycles. The summed E-state index contributed by atoms with van der Waals surface area (Å²) in [6, 6.07) is 8.09. The molecule has 0 saturated heterocycles. The summed E-state index contributed by atoms with van der Waals surface area (Å²) < 4.78 is 1.06. The zero-order valence-corrected chi connectivity index (χ0v) is 13.3. The molecule has 0 aliphatic carbocycles. The Morgan fingerprint density at radius 3 is 2.65 bits per heavy atom. The summed E-state index contributed by atoms with van der Waals surface area (Å²) in [5.74, 6) is 1.14. The number of aliphatic hydroxyl groups excluding tert-OH is 1. The molecule has 1 aromatic heterocycles. The molecule has 3 N–H and O–H groups in total. The van der Waals surface area contributed by atoms with Gasteiger partial charge in [0.25, 0.3) is 0 Å². The van der Waals surface area contributed by atoms with Gasteiger partial charge in [-0.15, -0.1) is 0 Å². The smallest absolute Gasteiger partial charge is 0.120 e. The van der Waals surface area contributed by atoms with E-state index in [1.807, 2.05) is 44.3 Å². The number of aromatic nitrogens is 2. The van der Waals surface area contributed by atoms with E-state index < -0.39 is 0 Å². The number of halogens is 1. The molecule has 1 unspecified atom stereocenters. The third kappa shape index (κ3) is 4.16. The van der Waals surface area contributed by atoms with E-state index >= 15 is 0 Å². The van der Waals surface area contributed by atoms with Crippen LogP contribution >= 0.6 is 15.9 Å². The summed E-state index contributed by atoms with van der Waals surface area (Å²) in [7, 11) is 0. The summed E-state index contributed by atoms with van der Waals surface area (Å²) >= 11 is 3.42. The first-order chi connectivity index (χ1) is 9.56. The number of nitrogens with zero attached hydrogens (tertiary/aromatic N) is 1. The Kier molecular flexibility index (Phi) is 5.34. The molecule has 20 heavy (non-hydrogen) atoms. The van der Waals surface area contributed by atoms with E-state index in [2.05, 4.69) is 31.2 Å². The van der Waals surface area contributed by atoms with Crippen LogP contribution in [0.3, 0.4) is 0 Å². The van der Waals surface area contributed by atoms with Gasteiger partial charge < -0.3 is 15.4 Å². The van der Waals surface area contributed by atoms with Gasteiger partial charge in [0, 0.05) is 11.0 Å². The molecule has 2 aromatic rings. The molecule has 0 aliphatic rings. The van der Waals surface area contributed by atoms with Crippen molar-refractivity contribution in [3.05, 3.63) is 40.8 Å². The lowest BCUT2D eigenvalue weighted by molar-refractivity contribution is 0.123. The number of nitrogens with one attached hydrogen (secondary N) is 2. The lowest BCUT2D eigenvalue weighted by Crippen LogP contribution is -2.30. The Morgan fingerprint density at radius 2 is 2.00 bits per heavy atom. The molecule has 0 spiro atoms. The van der Waals surface area contributed by atoms with Crippen LogP contribution in [0.5, 0.6) is 0 Å². The monoisotopic (exact) mass is 337 g/mol. The minimum absolute atomic E-state index is 0.262. The van der Waals surface area contributed by atoms with Crippen LogP contribution in [-0.2, 0) is 6.54 Å². The molecule has 1 heterocycles. The van der Waals surface area contributed by atoms with Gasteiger partial charge in [-0.1, -0.05) is 41.9 Å². The van der Waals surface area contributed by atoms with Crippen LogP contribution in [-0.4, -0.2) is 27.7 Å². The molecule has 0 aliphatic heterocycles. The van der Waals surface area contributed by atoms with Gasteiger partial charge in [-0.2, -0.15) is 0 Å². The average molecular weight is 338 g/mol. The normalized spacial score (nSPS) is 12.8. The van der Waals surface area contributed by atoms with E-state index in [4.69, 9.17) is 0 Å². The van der Waals surface area contributed by atoms with Crippen LogP contribution < -0.4 is 5.32 Å². The molecule has 4 nitrogen and oxygen atoms in total. The Labute approximate surface area is 127 Å². The van der Waals surface area contributed by atoms with E-state index in [0.717, 1.165) is 21.6 Å². The first-order valence-corrected chi connectivity index (χ1v) is 7.54. The molecule has 0 amide bonds. The second kappa shape index (κ2) is 7.02. The fourth-order valence-electron chi connectivity index (χ4n) is 1.80. The van der Waals surface area contributed by atoms with Gasteiger partial charge in [-0.05, 0) is 23.6 Å². The number of hydrogen-bond donors (Lipinski definition) is 3. The fourth-order valence-corrected chi connectivity index (χ4v) is 2.07. The first kappa shape index (κ1) is 15.2. The summed E-state index contributed by atoms with van der Waals surface area (Å²) in [6.07, 6.45) is 1.51. The highest BCUT2D eigenvalue weighted by molar-refractivity contribution is 9.10. The van der Waals surface area contributed by atoms with Gasteiger partial charge in [0.2, 0.25) is 0 Å². The quantitative estimate of drug-likeness (QED) is 0.759. The zero-order chi connectivity index (χ0) is 14.5. The Balaban J connectivity index is 1.91. The second-order valence-corrected chi connectivity index (χ2v) is 6.11. The minimum Gasteiger partial charge on any atom is -0.392 e. The van der Waals surface area contributed by atoms with Gasteiger partial charge in [0.1, 0.15) is 5.82 Å². The molecule has 0 fully saturated rings. The highest BCUT2D eigenvalue weighted by Gasteiger charge is 2.09. The van der Waals surface area contributed by atoms with Crippen molar-refractivity contribution >= 4 is 15.9 Å². The number of rotatable bonds is 6. The van der Waals surface area contributed by atoms with E-state index in [-0.39, 0.29) is 12.0 Å². The van der Waals surface area contributed by atoms with Gasteiger partial charge in [-0.25, -0.2) is 4.98 Å². The lowest BCUT2D eigenvalue weighted by atomic mass is 10.1. The standard InChI is InChI=1S/C15H20BrN3O/c1-10(2)14(20)8-17-9-15-18-7-13(19-15)11-3-5-12(16)6-4-11/h3-7,10,14,17,20H,8-9H2,1-2H3,(H,18,19). The van der Waals surface area contributed by atoms with Crippen LogP contribution in [0.4, 0.5) is 0 Å². The maximum Gasteiger partial charge on any atom is 0.120 e. The molecule has 108 valence electrons. The first-order valence-electron chi connectivity index (χ1n) is 6.75. The van der Waals surface area contributed by atoms with Gasteiger partial charge >= 0.3 is 0 Å². The van der Waals surface area contributed by atoms with E-state index in [0.29, 0.717) is 13.1 Å². The van der Waals surface area contributed by atoms with Crippen molar-refractivity contribution < 1.29 is 5.11 Å². The van der Waals surface area contributed by atoms with E-state index in [1.165, 1.54) is 0 Å². The third-order valence-corrected chi connectivity index (χ3v) is 3.73. The largest absolute Gasteiger partial charge is 0.392 e. The predicted octanol–water partition coefficient (Wildman–Crippen LogP) is 2.95. The predicted molar refractivity (Wildman–Crippen MR) is 84.3 cm³/mol. The number of H-pyrrole nitrogens is 1. The zero-order valence-electron chi connectivity index (χ0n) is 11.7. The van der Waals surface area contributed by atoms with E-state index in [1.54, 1.807) is 0 Å². The van der Waals surface area contributed by atoms with Gasteiger partial charge in [-0.3, -0.25) is 0 Å². The van der Waals surface area contributed by atoms with Crippen molar-refractivity contribution in [2.45, 2.75) is 26.5 Å². The number of aliphatic hydroxyl groups is 1. The Morgan fingerprint density at radius 1 is 1.30 bits per heavy atom. The van der Waals surface area contributed by atoms with Crippen LogP contribution in [0.2, 0.25) is 0 Å². The van der Waals surface area contributed by atoms with Crippen molar-refractivity contribution in [3.63, 3.8) is 0 Å². The SMILES string of the molecule is CC(C)C(O)CNCc1ncc(-c2ccc(Br)cc2)[nH]1. The molecule has 5 heteroatoms. The highest BCUT2D eigenvalue weighted by atomic mass is 79.9. The maximum atomic E-state index is 9.72. The fraction of sp³-hybridized carbons (Fsp3) is 0.400. The molecular weight excluding hydrogens is 318 g/mol. The molecule has 1 atom stereocenters. The molecule has 0 radical (unpaired) electrons. The Bertz CT molecular complexity index is 536. The number of aromatic amines is 1. The van der Waals surface area contributed by atoms with Gasteiger partial charge in [0.05, 0.1) is 24.5 Å². The molecule has 0 saturated carbocycles. The second-order valence-electron chi connectivity index (χ2n) is 5.19. The molecular formula is C15H20BrN3O. The lowest BCUT2D eigenvalue weighted by Gasteiger charge is -2.14. The number of hydrogen-bond acceptors (Lipinski definition) is 3. The van der Waals surface area contributed by atoms with E-state index in [9.17, 15) is 5.11 Å². The average Bonchev–Trinajstić information content (AvgIpc) is 2.88. The topological polar surface area (TPSA) is 60.9 Å². The molecule has 2 rings (SSSR count). The summed E-state index contributed by atoms with van der Waals surface area (Å²) in [6.45, 7) is 5.21. The van der Waals surface area contributed by atoms with Crippen LogP contribution in [0, 0.1) is 5.92 Å².